The van der Waals surface area contributed by atoms with Crippen LogP contribution < -0.4 is 10.6 Å². The van der Waals surface area contributed by atoms with Crippen LogP contribution in [0.5, 0.6) is 0 Å². The third-order valence-electron chi connectivity index (χ3n) is 4.51. The number of benzene rings is 2. The van der Waals surface area contributed by atoms with Crippen molar-refractivity contribution in [3.8, 4) is 0 Å². The van der Waals surface area contributed by atoms with Crippen molar-refractivity contribution in [1.29, 1.82) is 0 Å². The molecular formula is C18H17F3N2O3S. The second kappa shape index (κ2) is 6.97. The van der Waals surface area contributed by atoms with E-state index in [-0.39, 0.29) is 6.61 Å². The molecule has 9 heteroatoms. The minimum Gasteiger partial charge on any atom is -0.466 e. The minimum absolute atomic E-state index is 0.129. The highest BCUT2D eigenvalue weighted by Gasteiger charge is 2.66. The first kappa shape index (κ1) is 19.4. The van der Waals surface area contributed by atoms with Gasteiger partial charge in [0.2, 0.25) is 0 Å². The Morgan fingerprint density at radius 1 is 1.26 bits per heavy atom. The number of nitrogens with one attached hydrogen (secondary N) is 2. The third kappa shape index (κ3) is 3.32. The Bertz CT molecular complexity index is 884. The maximum atomic E-state index is 13.7. The summed E-state index contributed by atoms with van der Waals surface area (Å²) in [6.45, 7) is 1.35. The zero-order valence-corrected chi connectivity index (χ0v) is 15.0. The molecule has 0 unspecified atom stereocenters. The molecule has 1 aliphatic heterocycles. The third-order valence-corrected chi connectivity index (χ3v) is 4.73. The fraction of sp³-hybridized carbons (Fsp3) is 0.333. The number of halogens is 3. The zero-order valence-electron chi connectivity index (χ0n) is 14.2. The van der Waals surface area contributed by atoms with E-state index >= 15 is 0 Å². The summed E-state index contributed by atoms with van der Waals surface area (Å²) < 4.78 is 46.1. The molecule has 0 aliphatic carbocycles. The summed E-state index contributed by atoms with van der Waals surface area (Å²) in [5.74, 6) is -3.19. The first-order valence-electron chi connectivity index (χ1n) is 8.21. The molecule has 1 heterocycles. The summed E-state index contributed by atoms with van der Waals surface area (Å²) in [5.41, 5.74) is -3.17. The Hall–Kier alpha value is -2.39. The van der Waals surface area contributed by atoms with Gasteiger partial charge in [-0.05, 0) is 35.5 Å². The van der Waals surface area contributed by atoms with Crippen molar-refractivity contribution in [2.24, 2.45) is 5.92 Å². The Labute approximate surface area is 158 Å². The van der Waals surface area contributed by atoms with Crippen LogP contribution in [0, 0.1) is 5.92 Å². The van der Waals surface area contributed by atoms with Crippen molar-refractivity contribution in [1.82, 2.24) is 10.6 Å². The normalized spacial score (nSPS) is 25.6. The summed E-state index contributed by atoms with van der Waals surface area (Å²) in [7, 11) is 0. The smallest absolute Gasteiger partial charge is 0.437 e. The van der Waals surface area contributed by atoms with E-state index in [1.54, 1.807) is 42.5 Å². The topological polar surface area (TPSA) is 70.6 Å². The second-order valence-corrected chi connectivity index (χ2v) is 6.55. The average Bonchev–Trinajstić information content (AvgIpc) is 2.59. The van der Waals surface area contributed by atoms with Crippen molar-refractivity contribution in [3.63, 3.8) is 0 Å². The van der Waals surface area contributed by atoms with E-state index < -0.39 is 34.9 Å². The van der Waals surface area contributed by atoms with E-state index in [1.807, 2.05) is 5.32 Å². The highest BCUT2D eigenvalue weighted by Crippen LogP contribution is 2.44. The number of esters is 1. The number of aliphatic hydroxyl groups is 1. The zero-order chi connectivity index (χ0) is 19.8. The number of ether oxygens (including phenoxy) is 1. The number of thiocarbonyl (C=S) groups is 1. The molecule has 0 aromatic heterocycles. The van der Waals surface area contributed by atoms with Gasteiger partial charge in [-0.1, -0.05) is 42.5 Å². The molecule has 0 spiro atoms. The number of alkyl halides is 3. The lowest BCUT2D eigenvalue weighted by Gasteiger charge is -2.45. The van der Waals surface area contributed by atoms with Crippen LogP contribution >= 0.6 is 12.2 Å². The first-order valence-corrected chi connectivity index (χ1v) is 8.62. The molecular weight excluding hydrogens is 381 g/mol. The molecule has 1 saturated heterocycles. The molecule has 0 amide bonds. The monoisotopic (exact) mass is 398 g/mol. The Morgan fingerprint density at radius 2 is 1.93 bits per heavy atom. The van der Waals surface area contributed by atoms with Gasteiger partial charge >= 0.3 is 12.1 Å². The Kier molecular flexibility index (Phi) is 5.00. The Morgan fingerprint density at radius 3 is 2.59 bits per heavy atom. The summed E-state index contributed by atoms with van der Waals surface area (Å²) in [6, 6.07) is 10.9. The van der Waals surface area contributed by atoms with Crippen LogP contribution in [-0.2, 0) is 9.53 Å². The highest BCUT2D eigenvalue weighted by molar-refractivity contribution is 7.80. The van der Waals surface area contributed by atoms with Gasteiger partial charge in [0.1, 0.15) is 5.92 Å². The predicted octanol–water partition coefficient (Wildman–Crippen LogP) is 2.79. The molecule has 144 valence electrons. The minimum atomic E-state index is -5.17. The van der Waals surface area contributed by atoms with Gasteiger partial charge in [-0.3, -0.25) is 4.79 Å². The van der Waals surface area contributed by atoms with Gasteiger partial charge in [0.25, 0.3) is 5.72 Å². The Balaban J connectivity index is 2.21. The molecule has 1 fully saturated rings. The molecule has 3 atom stereocenters. The fourth-order valence-electron chi connectivity index (χ4n) is 3.32. The van der Waals surface area contributed by atoms with Gasteiger partial charge < -0.3 is 20.5 Å². The number of carbonyl (C=O) groups is 1. The van der Waals surface area contributed by atoms with E-state index in [4.69, 9.17) is 17.0 Å². The first-order chi connectivity index (χ1) is 12.7. The molecule has 2 aromatic carbocycles. The number of rotatable bonds is 3. The van der Waals surface area contributed by atoms with Gasteiger partial charge in [-0.15, -0.1) is 0 Å². The molecule has 0 radical (unpaired) electrons. The molecule has 3 N–H and O–H groups in total. The van der Waals surface area contributed by atoms with E-state index in [0.29, 0.717) is 10.9 Å². The lowest BCUT2D eigenvalue weighted by atomic mass is 9.80. The van der Waals surface area contributed by atoms with Crippen LogP contribution in [0.25, 0.3) is 10.8 Å². The second-order valence-electron chi connectivity index (χ2n) is 6.14. The fourth-order valence-corrected chi connectivity index (χ4v) is 3.60. The number of hydrogen-bond acceptors (Lipinski definition) is 4. The van der Waals surface area contributed by atoms with Gasteiger partial charge in [-0.25, -0.2) is 0 Å². The number of fused-ring (bicyclic) bond motifs is 1. The van der Waals surface area contributed by atoms with Gasteiger partial charge in [0.15, 0.2) is 5.11 Å². The molecule has 2 aromatic rings. The van der Waals surface area contributed by atoms with E-state index in [2.05, 4.69) is 5.32 Å². The molecule has 0 bridgehead atoms. The number of carbonyl (C=O) groups excluding carboxylic acids is 1. The quantitative estimate of drug-likeness (QED) is 0.546. The standard InChI is InChI=1S/C18H17F3N2O3S/c1-2-26-15(24)13-14(22-16(27)23-17(13,25)18(19,20)21)12-9-5-7-10-6-3-4-8-11(10)12/h3-9,13-14,25H,2H2,1H3,(H2,22,23,27)/t13-,14-,17-/m1/s1. The van der Waals surface area contributed by atoms with Gasteiger partial charge in [-0.2, -0.15) is 13.2 Å². The summed E-state index contributed by atoms with van der Waals surface area (Å²) in [4.78, 5) is 12.5. The highest BCUT2D eigenvalue weighted by atomic mass is 32.1. The summed E-state index contributed by atoms with van der Waals surface area (Å²) in [6.07, 6.45) is -5.17. The van der Waals surface area contributed by atoms with Crippen LogP contribution in [-0.4, -0.2) is 34.7 Å². The van der Waals surface area contributed by atoms with Gasteiger partial charge in [0, 0.05) is 0 Å². The van der Waals surface area contributed by atoms with Gasteiger partial charge in [0.05, 0.1) is 12.6 Å². The lowest BCUT2D eigenvalue weighted by molar-refractivity contribution is -0.292. The van der Waals surface area contributed by atoms with E-state index in [0.717, 1.165) is 5.39 Å². The van der Waals surface area contributed by atoms with Crippen LogP contribution in [0.3, 0.4) is 0 Å². The van der Waals surface area contributed by atoms with Crippen molar-refractivity contribution >= 4 is 34.1 Å². The van der Waals surface area contributed by atoms with Crippen molar-refractivity contribution in [2.45, 2.75) is 24.9 Å². The largest absolute Gasteiger partial charge is 0.466 e. The van der Waals surface area contributed by atoms with E-state index in [1.165, 1.54) is 6.92 Å². The number of hydrogen-bond donors (Lipinski definition) is 3. The van der Waals surface area contributed by atoms with Crippen LogP contribution in [0.4, 0.5) is 13.2 Å². The lowest BCUT2D eigenvalue weighted by Crippen LogP contribution is -2.73. The summed E-state index contributed by atoms with van der Waals surface area (Å²) in [5, 5.41) is 16.0. The SMILES string of the molecule is CCOC(=O)[C@H]1[C@@H](c2cccc3ccccc23)NC(=S)N[C@]1(O)C(F)(F)F. The maximum absolute atomic E-state index is 13.7. The van der Waals surface area contributed by atoms with Crippen LogP contribution in [0.1, 0.15) is 18.5 Å². The van der Waals surface area contributed by atoms with Crippen molar-refractivity contribution < 1.29 is 27.8 Å². The van der Waals surface area contributed by atoms with Crippen LogP contribution in [0.15, 0.2) is 42.5 Å². The molecule has 0 saturated carbocycles. The van der Waals surface area contributed by atoms with Crippen molar-refractivity contribution in [3.05, 3.63) is 48.0 Å². The van der Waals surface area contributed by atoms with Crippen molar-refractivity contribution in [2.75, 3.05) is 6.61 Å². The maximum Gasteiger partial charge on any atom is 0.437 e. The average molecular weight is 398 g/mol. The molecule has 3 rings (SSSR count). The molecule has 5 nitrogen and oxygen atoms in total. The molecule has 27 heavy (non-hydrogen) atoms. The van der Waals surface area contributed by atoms with E-state index in [9.17, 15) is 23.1 Å². The summed E-state index contributed by atoms with van der Waals surface area (Å²) >= 11 is 4.89. The predicted molar refractivity (Wildman–Crippen MR) is 96.7 cm³/mol. The van der Waals surface area contributed by atoms with Crippen LogP contribution in [0.2, 0.25) is 0 Å². The molecule has 1 aliphatic rings.